The maximum absolute atomic E-state index is 12.5. The molecule has 1 amide bonds. The van der Waals surface area contributed by atoms with Crippen LogP contribution in [0, 0.1) is 10.1 Å². The zero-order valence-electron chi connectivity index (χ0n) is 12.4. The Morgan fingerprint density at radius 3 is 2.71 bits per heavy atom. The molecule has 126 valence electrons. The highest BCUT2D eigenvalue weighted by molar-refractivity contribution is 14.1. The van der Waals surface area contributed by atoms with Gasteiger partial charge in [-0.2, -0.15) is 0 Å². The van der Waals surface area contributed by atoms with Gasteiger partial charge in [0.15, 0.2) is 0 Å². The van der Waals surface area contributed by atoms with E-state index in [1.807, 2.05) is 0 Å². The van der Waals surface area contributed by atoms with Gasteiger partial charge in [0, 0.05) is 22.3 Å². The number of non-ortho nitro benzene ring substituents is 1. The van der Waals surface area contributed by atoms with Crippen molar-refractivity contribution in [2.24, 2.45) is 0 Å². The predicted octanol–water partition coefficient (Wildman–Crippen LogP) is 2.63. The Balaban J connectivity index is 1.70. The molecule has 1 aromatic carbocycles. The van der Waals surface area contributed by atoms with Gasteiger partial charge in [-0.25, -0.2) is 4.79 Å². The molecule has 0 bridgehead atoms. The molecule has 1 fully saturated rings. The molecule has 2 aliphatic rings. The number of nitro benzene ring substituents is 1. The summed E-state index contributed by atoms with van der Waals surface area (Å²) in [5.74, 6) is 0.148. The van der Waals surface area contributed by atoms with E-state index in [4.69, 9.17) is 4.74 Å². The molecule has 2 aliphatic heterocycles. The average Bonchev–Trinajstić information content (AvgIpc) is 2.58. The Bertz CT molecular complexity index is 734. The van der Waals surface area contributed by atoms with Crippen LogP contribution in [0.3, 0.4) is 0 Å². The number of hydrogen-bond donors (Lipinski definition) is 0. The fraction of sp³-hybridized carbons (Fsp3) is 0.333. The van der Waals surface area contributed by atoms with Crippen molar-refractivity contribution in [3.05, 3.63) is 51.2 Å². The van der Waals surface area contributed by atoms with E-state index in [0.717, 1.165) is 11.3 Å². The molecular weight excluding hydrogens is 447 g/mol. The van der Waals surface area contributed by atoms with Crippen LogP contribution >= 0.6 is 34.4 Å². The topological polar surface area (TPSA) is 89.7 Å². The molecule has 9 heteroatoms. The molecule has 0 unspecified atom stereocenters. The molecule has 0 spiro atoms. The number of hydrogen-bond acceptors (Lipinski definition) is 6. The maximum Gasteiger partial charge on any atom is 0.355 e. The number of amides is 1. The number of alkyl halides is 1. The van der Waals surface area contributed by atoms with Crippen molar-refractivity contribution in [3.63, 3.8) is 0 Å². The lowest BCUT2D eigenvalue weighted by atomic mass is 10.1. The first-order chi connectivity index (χ1) is 11.5. The van der Waals surface area contributed by atoms with Gasteiger partial charge in [-0.1, -0.05) is 22.6 Å². The molecular formula is C15H13IN2O5S. The zero-order chi connectivity index (χ0) is 17.3. The number of nitro groups is 1. The molecule has 7 nitrogen and oxygen atoms in total. The quantitative estimate of drug-likeness (QED) is 0.168. The summed E-state index contributed by atoms with van der Waals surface area (Å²) in [6.45, 7) is 0.00862. The summed E-state index contributed by atoms with van der Waals surface area (Å²) in [5, 5.41) is 10.7. The molecule has 0 aromatic heterocycles. The minimum Gasteiger partial charge on any atom is -0.456 e. The largest absolute Gasteiger partial charge is 0.456 e. The van der Waals surface area contributed by atoms with Crippen LogP contribution in [0.1, 0.15) is 12.0 Å². The van der Waals surface area contributed by atoms with Gasteiger partial charge in [0.25, 0.3) is 5.69 Å². The zero-order valence-corrected chi connectivity index (χ0v) is 15.4. The number of rotatable bonds is 5. The van der Waals surface area contributed by atoms with E-state index in [2.05, 4.69) is 22.6 Å². The highest BCUT2D eigenvalue weighted by Crippen LogP contribution is 2.40. The summed E-state index contributed by atoms with van der Waals surface area (Å²) in [5.41, 5.74) is 1.91. The number of halogens is 1. The fourth-order valence-corrected chi connectivity index (χ4v) is 4.76. The number of nitrogens with zero attached hydrogens (tertiary/aromatic N) is 2. The first kappa shape index (κ1) is 17.2. The number of benzene rings is 1. The first-order valence-corrected chi connectivity index (χ1v) is 9.71. The standard InChI is InChI=1S/C15H13IN2O5S/c16-6-10-8-24-13-5-12(19)17(13)14(10)15(20)23-7-9-1-3-11(4-2-9)18(21)22/h1-4,13H,5-8H2/t13-/m1/s1. The maximum atomic E-state index is 12.5. The van der Waals surface area contributed by atoms with Crippen molar-refractivity contribution in [2.75, 3.05) is 10.2 Å². The van der Waals surface area contributed by atoms with E-state index < -0.39 is 10.9 Å². The highest BCUT2D eigenvalue weighted by atomic mass is 127. The summed E-state index contributed by atoms with van der Waals surface area (Å²) < 4.78 is 5.98. The Morgan fingerprint density at radius 1 is 1.42 bits per heavy atom. The Hall–Kier alpha value is -1.62. The van der Waals surface area contributed by atoms with Crippen LogP contribution in [0.4, 0.5) is 5.69 Å². The number of ether oxygens (including phenoxy) is 1. The average molecular weight is 460 g/mol. The summed E-state index contributed by atoms with van der Waals surface area (Å²) in [6.07, 6.45) is 0.457. The monoisotopic (exact) mass is 460 g/mol. The second kappa shape index (κ2) is 7.09. The molecule has 0 saturated carbocycles. The number of carbonyl (C=O) groups excluding carboxylic acids is 2. The number of thioether (sulfide) groups is 1. The second-order valence-electron chi connectivity index (χ2n) is 5.32. The van der Waals surface area contributed by atoms with Crippen molar-refractivity contribution in [2.45, 2.75) is 18.4 Å². The number of carbonyl (C=O) groups is 2. The third-order valence-corrected chi connectivity index (χ3v) is 6.00. The van der Waals surface area contributed by atoms with Gasteiger partial charge >= 0.3 is 5.97 Å². The van der Waals surface area contributed by atoms with E-state index in [1.54, 1.807) is 23.9 Å². The van der Waals surface area contributed by atoms with Crippen LogP contribution in [0.2, 0.25) is 0 Å². The van der Waals surface area contributed by atoms with Gasteiger partial charge in [-0.15, -0.1) is 11.8 Å². The number of β-lactam (4-membered cyclic amide) rings is 1. The van der Waals surface area contributed by atoms with Crippen molar-refractivity contribution >= 4 is 51.9 Å². The summed E-state index contributed by atoms with van der Waals surface area (Å²) in [7, 11) is 0. The highest BCUT2D eigenvalue weighted by Gasteiger charge is 2.45. The lowest BCUT2D eigenvalue weighted by molar-refractivity contribution is -0.384. The minimum absolute atomic E-state index is 0.00862. The van der Waals surface area contributed by atoms with Crippen LogP contribution in [0.15, 0.2) is 35.5 Å². The van der Waals surface area contributed by atoms with E-state index >= 15 is 0 Å². The molecule has 24 heavy (non-hydrogen) atoms. The summed E-state index contributed by atoms with van der Waals surface area (Å²) >= 11 is 3.83. The Morgan fingerprint density at radius 2 is 2.12 bits per heavy atom. The molecule has 3 rings (SSSR count). The van der Waals surface area contributed by atoms with Gasteiger partial charge in [0.05, 0.1) is 16.7 Å². The normalized spacial score (nSPS) is 19.6. The molecule has 1 aromatic rings. The van der Waals surface area contributed by atoms with Crippen LogP contribution in [0.25, 0.3) is 0 Å². The summed E-state index contributed by atoms with van der Waals surface area (Å²) in [6, 6.07) is 5.83. The molecule has 0 N–H and O–H groups in total. The Kier molecular flexibility index (Phi) is 5.09. The lowest BCUT2D eigenvalue weighted by Gasteiger charge is -2.44. The van der Waals surface area contributed by atoms with Crippen molar-refractivity contribution < 1.29 is 19.2 Å². The van der Waals surface area contributed by atoms with Crippen molar-refractivity contribution in [1.29, 1.82) is 0 Å². The summed E-state index contributed by atoms with van der Waals surface area (Å²) in [4.78, 5) is 36.0. The van der Waals surface area contributed by atoms with Crippen LogP contribution in [0.5, 0.6) is 0 Å². The van der Waals surface area contributed by atoms with Gasteiger partial charge in [0.2, 0.25) is 5.91 Å². The molecule has 0 aliphatic carbocycles. The first-order valence-electron chi connectivity index (χ1n) is 7.13. The van der Waals surface area contributed by atoms with E-state index in [9.17, 15) is 19.7 Å². The fourth-order valence-electron chi connectivity index (χ4n) is 2.50. The van der Waals surface area contributed by atoms with Gasteiger partial charge in [-0.3, -0.25) is 19.8 Å². The van der Waals surface area contributed by atoms with Crippen LogP contribution in [-0.2, 0) is 20.9 Å². The number of esters is 1. The second-order valence-corrected chi connectivity index (χ2v) is 7.25. The lowest BCUT2D eigenvalue weighted by Crippen LogP contribution is -2.54. The van der Waals surface area contributed by atoms with Gasteiger partial charge in [0.1, 0.15) is 12.3 Å². The molecule has 0 radical (unpaired) electrons. The third kappa shape index (κ3) is 3.27. The minimum atomic E-state index is -0.515. The Labute approximate surface area is 155 Å². The smallest absolute Gasteiger partial charge is 0.355 e. The van der Waals surface area contributed by atoms with Crippen LogP contribution < -0.4 is 0 Å². The van der Waals surface area contributed by atoms with Gasteiger partial charge < -0.3 is 4.74 Å². The van der Waals surface area contributed by atoms with Crippen molar-refractivity contribution in [3.8, 4) is 0 Å². The molecule has 1 saturated heterocycles. The van der Waals surface area contributed by atoms with E-state index in [0.29, 0.717) is 22.1 Å². The number of fused-ring (bicyclic) bond motifs is 1. The molecule has 1 atom stereocenters. The molecule has 2 heterocycles. The van der Waals surface area contributed by atoms with Gasteiger partial charge in [-0.05, 0) is 23.3 Å². The SMILES string of the molecule is O=C(OCc1ccc([N+](=O)[O-])cc1)C1=C(CI)CS[C@@H]2CC(=O)N12. The van der Waals surface area contributed by atoms with Crippen LogP contribution in [-0.4, -0.2) is 37.3 Å². The van der Waals surface area contributed by atoms with E-state index in [1.165, 1.54) is 17.0 Å². The third-order valence-electron chi connectivity index (χ3n) is 3.80. The van der Waals surface area contributed by atoms with Crippen molar-refractivity contribution in [1.82, 2.24) is 4.90 Å². The van der Waals surface area contributed by atoms with E-state index in [-0.39, 0.29) is 23.6 Å². The predicted molar refractivity (Wildman–Crippen MR) is 96.5 cm³/mol.